The molecule has 0 bridgehead atoms. The van der Waals surface area contributed by atoms with Gasteiger partial charge in [-0.05, 0) is 12.1 Å². The normalized spacial score (nSPS) is 12.1. The highest BCUT2D eigenvalue weighted by molar-refractivity contribution is 5.84. The Hall–Kier alpha value is -1.54. The molecule has 5 nitrogen and oxygen atoms in total. The number of furan rings is 1. The predicted molar refractivity (Wildman–Crippen MR) is 54.1 cm³/mol. The van der Waals surface area contributed by atoms with Crippen molar-refractivity contribution >= 4 is 5.97 Å². The molecule has 0 aliphatic carbocycles. The van der Waals surface area contributed by atoms with Crippen LogP contribution < -0.4 is 0 Å². The summed E-state index contributed by atoms with van der Waals surface area (Å²) >= 11 is 0. The van der Waals surface area contributed by atoms with Gasteiger partial charge in [0.15, 0.2) is 0 Å². The van der Waals surface area contributed by atoms with Crippen molar-refractivity contribution in [2.75, 3.05) is 19.7 Å². The Labute approximate surface area is 100 Å². The van der Waals surface area contributed by atoms with Gasteiger partial charge in [0.1, 0.15) is 5.76 Å². The van der Waals surface area contributed by atoms with E-state index < -0.39 is 25.3 Å². The number of aliphatic hydroxyl groups excluding tert-OH is 1. The van der Waals surface area contributed by atoms with Crippen LogP contribution in [0.5, 0.6) is 0 Å². The lowest BCUT2D eigenvalue weighted by atomic mass is 10.3. The largest absolute Gasteiger partial charge is 0.475 e. The third-order valence-electron chi connectivity index (χ3n) is 2.07. The lowest BCUT2D eigenvalue weighted by Gasteiger charge is -2.21. The molecule has 0 aliphatic rings. The van der Waals surface area contributed by atoms with Crippen molar-refractivity contribution in [2.24, 2.45) is 0 Å². The second-order valence-corrected chi connectivity index (χ2v) is 3.62. The molecule has 8 heteroatoms. The number of carboxylic acid groups (broad SMARTS) is 1. The van der Waals surface area contributed by atoms with Gasteiger partial charge < -0.3 is 14.6 Å². The molecule has 0 amide bonds. The SMILES string of the molecule is O=C(O)c1ccc(CN(CCO)CC(F)(F)F)o1. The summed E-state index contributed by atoms with van der Waals surface area (Å²) in [7, 11) is 0. The van der Waals surface area contributed by atoms with Gasteiger partial charge in [-0.25, -0.2) is 4.79 Å². The summed E-state index contributed by atoms with van der Waals surface area (Å²) in [5.41, 5.74) is 0. The number of carboxylic acids is 1. The molecule has 0 saturated carbocycles. The summed E-state index contributed by atoms with van der Waals surface area (Å²) in [5, 5.41) is 17.3. The van der Waals surface area contributed by atoms with Crippen molar-refractivity contribution in [3.05, 3.63) is 23.7 Å². The highest BCUT2D eigenvalue weighted by Crippen LogP contribution is 2.18. The quantitative estimate of drug-likeness (QED) is 0.813. The number of hydrogen-bond donors (Lipinski definition) is 2. The van der Waals surface area contributed by atoms with E-state index in [-0.39, 0.29) is 24.6 Å². The minimum absolute atomic E-state index is 0.102. The predicted octanol–water partition coefficient (Wildman–Crippen LogP) is 1.33. The van der Waals surface area contributed by atoms with Gasteiger partial charge in [0.25, 0.3) is 0 Å². The topological polar surface area (TPSA) is 73.9 Å². The summed E-state index contributed by atoms with van der Waals surface area (Å²) in [6, 6.07) is 2.46. The molecule has 0 unspecified atom stereocenters. The fourth-order valence-electron chi connectivity index (χ4n) is 1.41. The molecule has 0 radical (unpaired) electrons. The Morgan fingerprint density at radius 1 is 1.39 bits per heavy atom. The Morgan fingerprint density at radius 3 is 2.50 bits per heavy atom. The number of carbonyl (C=O) groups is 1. The first kappa shape index (κ1) is 14.5. The molecule has 1 aromatic rings. The van der Waals surface area contributed by atoms with Gasteiger partial charge in [0, 0.05) is 6.54 Å². The zero-order valence-corrected chi connectivity index (χ0v) is 9.28. The van der Waals surface area contributed by atoms with E-state index in [2.05, 4.69) is 0 Å². The molecule has 102 valence electrons. The maximum Gasteiger partial charge on any atom is 0.401 e. The van der Waals surface area contributed by atoms with Crippen molar-refractivity contribution in [3.63, 3.8) is 0 Å². The van der Waals surface area contributed by atoms with E-state index in [1.165, 1.54) is 12.1 Å². The summed E-state index contributed by atoms with van der Waals surface area (Å²) in [6.07, 6.45) is -4.39. The molecule has 1 rings (SSSR count). The van der Waals surface area contributed by atoms with Gasteiger partial charge in [0.2, 0.25) is 5.76 Å². The van der Waals surface area contributed by atoms with Gasteiger partial charge in [-0.3, -0.25) is 4.90 Å². The first-order valence-electron chi connectivity index (χ1n) is 5.04. The monoisotopic (exact) mass is 267 g/mol. The average molecular weight is 267 g/mol. The Balaban J connectivity index is 2.67. The summed E-state index contributed by atoms with van der Waals surface area (Å²) in [6.45, 7) is -2.02. The zero-order chi connectivity index (χ0) is 13.8. The first-order chi connectivity index (χ1) is 8.31. The van der Waals surface area contributed by atoms with E-state index in [1.807, 2.05) is 0 Å². The van der Waals surface area contributed by atoms with E-state index in [1.54, 1.807) is 0 Å². The molecule has 0 saturated heterocycles. The van der Waals surface area contributed by atoms with Crippen molar-refractivity contribution in [1.82, 2.24) is 4.90 Å². The number of alkyl halides is 3. The van der Waals surface area contributed by atoms with E-state index in [0.29, 0.717) is 0 Å². The van der Waals surface area contributed by atoms with Gasteiger partial charge in [-0.15, -0.1) is 0 Å². The minimum atomic E-state index is -4.39. The van der Waals surface area contributed by atoms with E-state index in [4.69, 9.17) is 14.6 Å². The van der Waals surface area contributed by atoms with Crippen LogP contribution in [-0.2, 0) is 6.54 Å². The summed E-state index contributed by atoms with van der Waals surface area (Å²) < 4.78 is 41.5. The lowest BCUT2D eigenvalue weighted by molar-refractivity contribution is -0.148. The van der Waals surface area contributed by atoms with Crippen molar-refractivity contribution in [2.45, 2.75) is 12.7 Å². The van der Waals surface area contributed by atoms with Crippen LogP contribution in [0.3, 0.4) is 0 Å². The van der Waals surface area contributed by atoms with Gasteiger partial charge in [0.05, 0.1) is 19.7 Å². The Morgan fingerprint density at radius 2 is 2.06 bits per heavy atom. The molecular weight excluding hydrogens is 255 g/mol. The maximum absolute atomic E-state index is 12.2. The number of hydrogen-bond acceptors (Lipinski definition) is 4. The average Bonchev–Trinajstić information content (AvgIpc) is 2.64. The van der Waals surface area contributed by atoms with Crippen LogP contribution in [0.4, 0.5) is 13.2 Å². The number of halogens is 3. The number of aromatic carboxylic acids is 1. The molecule has 18 heavy (non-hydrogen) atoms. The van der Waals surface area contributed by atoms with Crippen LogP contribution in [0, 0.1) is 0 Å². The van der Waals surface area contributed by atoms with Crippen LogP contribution >= 0.6 is 0 Å². The van der Waals surface area contributed by atoms with E-state index >= 15 is 0 Å². The fraction of sp³-hybridized carbons (Fsp3) is 0.500. The molecule has 0 fully saturated rings. The second kappa shape index (κ2) is 5.87. The van der Waals surface area contributed by atoms with Gasteiger partial charge in [-0.2, -0.15) is 13.2 Å². The van der Waals surface area contributed by atoms with Crippen LogP contribution in [0.1, 0.15) is 16.3 Å². The van der Waals surface area contributed by atoms with Gasteiger partial charge >= 0.3 is 12.1 Å². The third-order valence-corrected chi connectivity index (χ3v) is 2.07. The molecule has 0 aromatic carbocycles. The molecule has 1 heterocycles. The highest BCUT2D eigenvalue weighted by atomic mass is 19.4. The molecule has 1 aromatic heterocycles. The number of rotatable bonds is 6. The van der Waals surface area contributed by atoms with E-state index in [0.717, 1.165) is 4.90 Å². The van der Waals surface area contributed by atoms with E-state index in [9.17, 15) is 18.0 Å². The maximum atomic E-state index is 12.2. The standard InChI is InChI=1S/C10H12F3NO4/c11-10(12,13)6-14(3-4-15)5-7-1-2-8(18-7)9(16)17/h1-2,15H,3-6H2,(H,16,17). The van der Waals surface area contributed by atoms with Crippen molar-refractivity contribution in [1.29, 1.82) is 0 Å². The number of aliphatic hydroxyl groups is 1. The Kier molecular flexibility index (Phi) is 4.74. The van der Waals surface area contributed by atoms with Crippen LogP contribution in [0.2, 0.25) is 0 Å². The smallest absolute Gasteiger partial charge is 0.401 e. The van der Waals surface area contributed by atoms with Crippen molar-refractivity contribution in [3.8, 4) is 0 Å². The fourth-order valence-corrected chi connectivity index (χ4v) is 1.41. The lowest BCUT2D eigenvalue weighted by Crippen LogP contribution is -2.35. The minimum Gasteiger partial charge on any atom is -0.475 e. The molecular formula is C10H12F3NO4. The van der Waals surface area contributed by atoms with Crippen LogP contribution in [-0.4, -0.2) is 47.0 Å². The van der Waals surface area contributed by atoms with Crippen molar-refractivity contribution < 1.29 is 32.6 Å². The molecule has 0 spiro atoms. The van der Waals surface area contributed by atoms with Gasteiger partial charge in [-0.1, -0.05) is 0 Å². The molecule has 2 N–H and O–H groups in total. The number of nitrogens with zero attached hydrogens (tertiary/aromatic N) is 1. The highest BCUT2D eigenvalue weighted by Gasteiger charge is 2.30. The summed E-state index contributed by atoms with van der Waals surface area (Å²) in [4.78, 5) is 11.4. The zero-order valence-electron chi connectivity index (χ0n) is 9.28. The van der Waals surface area contributed by atoms with Crippen LogP contribution in [0.15, 0.2) is 16.5 Å². The third kappa shape index (κ3) is 4.76. The van der Waals surface area contributed by atoms with Crippen LogP contribution in [0.25, 0.3) is 0 Å². The summed E-state index contributed by atoms with van der Waals surface area (Å²) in [5.74, 6) is -1.52. The molecule has 0 aliphatic heterocycles. The Bertz CT molecular complexity index is 402. The first-order valence-corrected chi connectivity index (χ1v) is 5.04. The second-order valence-electron chi connectivity index (χ2n) is 3.62. The molecule has 0 atom stereocenters.